The summed E-state index contributed by atoms with van der Waals surface area (Å²) < 4.78 is 10.6. The van der Waals surface area contributed by atoms with Crippen LogP contribution in [-0.4, -0.2) is 69.8 Å². The van der Waals surface area contributed by atoms with Gasteiger partial charge in [0.15, 0.2) is 5.96 Å². The van der Waals surface area contributed by atoms with Crippen molar-refractivity contribution in [1.82, 2.24) is 9.80 Å². The van der Waals surface area contributed by atoms with Crippen molar-refractivity contribution >= 4 is 29.9 Å². The lowest BCUT2D eigenvalue weighted by Gasteiger charge is -2.29. The van der Waals surface area contributed by atoms with Crippen LogP contribution in [0.5, 0.6) is 5.75 Å². The molecule has 0 aliphatic carbocycles. The summed E-state index contributed by atoms with van der Waals surface area (Å²) in [4.78, 5) is 8.80. The summed E-state index contributed by atoms with van der Waals surface area (Å²) in [5.41, 5.74) is 7.28. The van der Waals surface area contributed by atoms with E-state index >= 15 is 0 Å². The Hall–Kier alpha value is -1.06. The molecule has 2 N–H and O–H groups in total. The number of benzene rings is 1. The first kappa shape index (κ1) is 20.0. The predicted molar refractivity (Wildman–Crippen MR) is 104 cm³/mol. The van der Waals surface area contributed by atoms with Gasteiger partial charge >= 0.3 is 0 Å². The van der Waals surface area contributed by atoms with Crippen LogP contribution in [0.1, 0.15) is 11.6 Å². The number of morpholine rings is 1. The zero-order valence-corrected chi connectivity index (χ0v) is 16.4. The topological polar surface area (TPSA) is 63.3 Å². The smallest absolute Gasteiger partial charge is 0.191 e. The molecule has 1 aromatic rings. The second-order valence-corrected chi connectivity index (χ2v) is 5.55. The van der Waals surface area contributed by atoms with Crippen molar-refractivity contribution in [2.24, 2.45) is 10.7 Å². The Morgan fingerprint density at radius 2 is 2.09 bits per heavy atom. The van der Waals surface area contributed by atoms with Crippen molar-refractivity contribution in [1.29, 1.82) is 0 Å². The van der Waals surface area contributed by atoms with Gasteiger partial charge in [-0.2, -0.15) is 0 Å². The number of nitrogens with two attached hydrogens (primary N) is 1. The van der Waals surface area contributed by atoms with Crippen LogP contribution in [0.25, 0.3) is 0 Å². The monoisotopic (exact) mass is 434 g/mol. The highest BCUT2D eigenvalue weighted by atomic mass is 127. The van der Waals surface area contributed by atoms with Gasteiger partial charge in [0.25, 0.3) is 0 Å². The number of halogens is 1. The maximum Gasteiger partial charge on any atom is 0.191 e. The summed E-state index contributed by atoms with van der Waals surface area (Å²) in [6.45, 7) is 3.65. The fourth-order valence-electron chi connectivity index (χ4n) is 2.49. The number of hydrogen-bond donors (Lipinski definition) is 1. The minimum atomic E-state index is 0. The molecule has 1 saturated heterocycles. The minimum Gasteiger partial charge on any atom is -0.497 e. The molecule has 1 unspecified atom stereocenters. The molecule has 1 heterocycles. The van der Waals surface area contributed by atoms with Crippen molar-refractivity contribution in [2.45, 2.75) is 6.04 Å². The molecule has 0 bridgehead atoms. The number of aliphatic imine (C=N–C) groups is 1. The van der Waals surface area contributed by atoms with Crippen LogP contribution in [0, 0.1) is 0 Å². The van der Waals surface area contributed by atoms with Crippen molar-refractivity contribution in [2.75, 3.05) is 54.1 Å². The first-order valence-electron chi connectivity index (χ1n) is 7.55. The second kappa shape index (κ2) is 9.94. The highest BCUT2D eigenvalue weighted by Gasteiger charge is 2.16. The quantitative estimate of drug-likeness (QED) is 0.433. The SMILES string of the molecule is COc1cccc(C(CN=C(N)N2CCOCC2)N(C)C)c1.I. The Balaban J connectivity index is 0.00000264. The zero-order valence-electron chi connectivity index (χ0n) is 14.1. The van der Waals surface area contributed by atoms with Gasteiger partial charge in [0.05, 0.1) is 32.9 Å². The van der Waals surface area contributed by atoms with Crippen LogP contribution in [-0.2, 0) is 4.74 Å². The highest BCUT2D eigenvalue weighted by molar-refractivity contribution is 14.0. The molecule has 7 heteroatoms. The average Bonchev–Trinajstić information content (AvgIpc) is 2.55. The van der Waals surface area contributed by atoms with E-state index in [-0.39, 0.29) is 30.0 Å². The van der Waals surface area contributed by atoms with Gasteiger partial charge in [0.1, 0.15) is 5.75 Å². The van der Waals surface area contributed by atoms with Crippen LogP contribution >= 0.6 is 24.0 Å². The van der Waals surface area contributed by atoms with Crippen molar-refractivity contribution in [3.8, 4) is 5.75 Å². The third-order valence-corrected chi connectivity index (χ3v) is 3.86. The van der Waals surface area contributed by atoms with E-state index in [0.29, 0.717) is 25.7 Å². The lowest BCUT2D eigenvalue weighted by Crippen LogP contribution is -2.45. The molecule has 1 atom stereocenters. The van der Waals surface area contributed by atoms with Crippen LogP contribution in [0.2, 0.25) is 0 Å². The van der Waals surface area contributed by atoms with Gasteiger partial charge in [0.2, 0.25) is 0 Å². The van der Waals surface area contributed by atoms with E-state index < -0.39 is 0 Å². The van der Waals surface area contributed by atoms with E-state index in [2.05, 4.69) is 20.9 Å². The molecular weight excluding hydrogens is 407 g/mol. The Morgan fingerprint density at radius 1 is 1.39 bits per heavy atom. The summed E-state index contributed by atoms with van der Waals surface area (Å²) in [6.07, 6.45) is 0. The first-order valence-corrected chi connectivity index (χ1v) is 7.55. The molecular formula is C16H27IN4O2. The number of rotatable bonds is 5. The molecule has 0 amide bonds. The number of nitrogens with zero attached hydrogens (tertiary/aromatic N) is 3. The predicted octanol–water partition coefficient (Wildman–Crippen LogP) is 1.56. The van der Waals surface area contributed by atoms with E-state index in [4.69, 9.17) is 15.2 Å². The van der Waals surface area contributed by atoms with E-state index in [1.165, 1.54) is 5.56 Å². The number of likely N-dealkylation sites (N-methyl/N-ethyl adjacent to an activating group) is 1. The maximum absolute atomic E-state index is 6.11. The molecule has 6 nitrogen and oxygen atoms in total. The van der Waals surface area contributed by atoms with E-state index in [1.807, 2.05) is 32.3 Å². The maximum atomic E-state index is 6.11. The van der Waals surface area contributed by atoms with Gasteiger partial charge in [-0.3, -0.25) is 4.99 Å². The van der Waals surface area contributed by atoms with Gasteiger partial charge in [-0.25, -0.2) is 0 Å². The Morgan fingerprint density at radius 3 is 2.70 bits per heavy atom. The molecule has 23 heavy (non-hydrogen) atoms. The molecule has 1 fully saturated rings. The standard InChI is InChI=1S/C16H26N4O2.HI/c1-19(2)15(13-5-4-6-14(11-13)21-3)12-18-16(17)20-7-9-22-10-8-20;/h4-6,11,15H,7-10,12H2,1-3H3,(H2,17,18);1H. The first-order chi connectivity index (χ1) is 10.6. The molecule has 1 aliphatic heterocycles. The number of guanidine groups is 1. The van der Waals surface area contributed by atoms with Gasteiger partial charge in [-0.05, 0) is 31.8 Å². The molecule has 0 aromatic heterocycles. The number of hydrogen-bond acceptors (Lipinski definition) is 4. The zero-order chi connectivity index (χ0) is 15.9. The third-order valence-electron chi connectivity index (χ3n) is 3.86. The van der Waals surface area contributed by atoms with E-state index in [0.717, 1.165) is 18.8 Å². The molecule has 130 valence electrons. The summed E-state index contributed by atoms with van der Waals surface area (Å²) in [5.74, 6) is 1.45. The largest absolute Gasteiger partial charge is 0.497 e. The minimum absolute atomic E-state index is 0. The van der Waals surface area contributed by atoms with Crippen LogP contribution in [0.3, 0.4) is 0 Å². The van der Waals surface area contributed by atoms with E-state index in [1.54, 1.807) is 7.11 Å². The van der Waals surface area contributed by atoms with Gasteiger partial charge in [-0.15, -0.1) is 24.0 Å². The number of methoxy groups -OCH3 is 1. The second-order valence-electron chi connectivity index (χ2n) is 5.55. The molecule has 0 spiro atoms. The van der Waals surface area contributed by atoms with Crippen LogP contribution in [0.4, 0.5) is 0 Å². The summed E-state index contributed by atoms with van der Waals surface area (Å²) >= 11 is 0. The van der Waals surface area contributed by atoms with Gasteiger partial charge in [0, 0.05) is 13.1 Å². The van der Waals surface area contributed by atoms with Gasteiger partial charge < -0.3 is 25.0 Å². The fourth-order valence-corrected chi connectivity index (χ4v) is 2.49. The summed E-state index contributed by atoms with van der Waals surface area (Å²) in [7, 11) is 5.77. The highest BCUT2D eigenvalue weighted by Crippen LogP contribution is 2.23. The summed E-state index contributed by atoms with van der Waals surface area (Å²) in [6, 6.07) is 8.25. The Bertz CT molecular complexity index is 505. The molecule has 2 rings (SSSR count). The van der Waals surface area contributed by atoms with Crippen molar-refractivity contribution < 1.29 is 9.47 Å². The summed E-state index contributed by atoms with van der Waals surface area (Å²) in [5, 5.41) is 0. The van der Waals surface area contributed by atoms with Crippen molar-refractivity contribution in [3.05, 3.63) is 29.8 Å². The van der Waals surface area contributed by atoms with Crippen LogP contribution < -0.4 is 10.5 Å². The van der Waals surface area contributed by atoms with Crippen LogP contribution in [0.15, 0.2) is 29.3 Å². The van der Waals surface area contributed by atoms with Gasteiger partial charge in [-0.1, -0.05) is 12.1 Å². The third kappa shape index (κ3) is 5.82. The number of ether oxygens (including phenoxy) is 2. The Labute approximate surface area is 155 Å². The fraction of sp³-hybridized carbons (Fsp3) is 0.562. The average molecular weight is 434 g/mol. The Kier molecular flexibility index (Phi) is 8.64. The lowest BCUT2D eigenvalue weighted by atomic mass is 10.1. The molecule has 0 saturated carbocycles. The lowest BCUT2D eigenvalue weighted by molar-refractivity contribution is 0.0673. The normalized spacial score (nSPS) is 16.9. The van der Waals surface area contributed by atoms with E-state index in [9.17, 15) is 0 Å². The molecule has 1 aromatic carbocycles. The molecule has 1 aliphatic rings. The molecule has 0 radical (unpaired) electrons. The van der Waals surface area contributed by atoms with Crippen molar-refractivity contribution in [3.63, 3.8) is 0 Å².